The van der Waals surface area contributed by atoms with Gasteiger partial charge in [0, 0.05) is 16.6 Å². The Hall–Kier alpha value is -1.32. The van der Waals surface area contributed by atoms with Crippen LogP contribution in [0.3, 0.4) is 0 Å². The first-order chi connectivity index (χ1) is 10.1. The molecule has 0 amide bonds. The lowest BCUT2D eigenvalue weighted by atomic mass is 9.87. The number of hydrogen-bond acceptors (Lipinski definition) is 2. The van der Waals surface area contributed by atoms with Gasteiger partial charge in [0.2, 0.25) is 0 Å². The molecule has 2 atom stereocenters. The molecule has 1 aliphatic rings. The summed E-state index contributed by atoms with van der Waals surface area (Å²) in [6.07, 6.45) is 3.37. The molecule has 2 aromatic rings. The minimum Gasteiger partial charge on any atom is -0.508 e. The number of halogens is 1. The van der Waals surface area contributed by atoms with Crippen LogP contribution in [0, 0.1) is 0 Å². The lowest BCUT2D eigenvalue weighted by Crippen LogP contribution is -2.28. The highest BCUT2D eigenvalue weighted by Crippen LogP contribution is 2.34. The fourth-order valence-electron chi connectivity index (χ4n) is 3.19. The Balaban J connectivity index is 1.82. The molecule has 1 aliphatic carbocycles. The summed E-state index contributed by atoms with van der Waals surface area (Å²) in [5.41, 5.74) is 3.89. The summed E-state index contributed by atoms with van der Waals surface area (Å²) in [4.78, 5) is 0. The van der Waals surface area contributed by atoms with E-state index in [1.807, 2.05) is 12.1 Å². The standard InChI is InChI=1S/C18H20BrNO/c1-12(15-6-2-3-7-17(15)19)20-18-8-4-5-13-11-14(21)9-10-16(13)18/h2-3,6-7,9-12,18,20-21H,4-5,8H2,1H3. The molecule has 0 saturated heterocycles. The Kier molecular flexibility index (Phi) is 4.32. The molecule has 0 aliphatic heterocycles. The second-order valence-corrected chi connectivity index (χ2v) is 6.59. The third-order valence-electron chi connectivity index (χ3n) is 4.26. The zero-order valence-electron chi connectivity index (χ0n) is 12.1. The van der Waals surface area contributed by atoms with Gasteiger partial charge in [0.1, 0.15) is 5.75 Å². The van der Waals surface area contributed by atoms with Crippen molar-refractivity contribution in [3.8, 4) is 5.75 Å². The van der Waals surface area contributed by atoms with Crippen LogP contribution in [0.15, 0.2) is 46.9 Å². The van der Waals surface area contributed by atoms with Gasteiger partial charge in [-0.1, -0.05) is 40.2 Å². The van der Waals surface area contributed by atoms with Crippen molar-refractivity contribution in [2.75, 3.05) is 0 Å². The van der Waals surface area contributed by atoms with Gasteiger partial charge in [0.25, 0.3) is 0 Å². The number of fused-ring (bicyclic) bond motifs is 1. The van der Waals surface area contributed by atoms with E-state index in [-0.39, 0.29) is 6.04 Å². The quantitative estimate of drug-likeness (QED) is 0.830. The van der Waals surface area contributed by atoms with Crippen LogP contribution in [0.25, 0.3) is 0 Å². The number of rotatable bonds is 3. The zero-order valence-corrected chi connectivity index (χ0v) is 13.7. The summed E-state index contributed by atoms with van der Waals surface area (Å²) in [5.74, 6) is 0.369. The summed E-state index contributed by atoms with van der Waals surface area (Å²) in [6, 6.07) is 14.8. The molecule has 0 aromatic heterocycles. The van der Waals surface area contributed by atoms with Gasteiger partial charge in [-0.05, 0) is 61.1 Å². The Morgan fingerprint density at radius 3 is 2.86 bits per heavy atom. The van der Waals surface area contributed by atoms with Crippen molar-refractivity contribution in [2.24, 2.45) is 0 Å². The van der Waals surface area contributed by atoms with Crippen LogP contribution >= 0.6 is 15.9 Å². The van der Waals surface area contributed by atoms with E-state index in [1.54, 1.807) is 6.07 Å². The van der Waals surface area contributed by atoms with E-state index in [1.165, 1.54) is 16.7 Å². The van der Waals surface area contributed by atoms with Crippen LogP contribution in [0.4, 0.5) is 0 Å². The molecule has 2 unspecified atom stereocenters. The predicted molar refractivity (Wildman–Crippen MR) is 89.5 cm³/mol. The molecule has 110 valence electrons. The number of phenols is 1. The predicted octanol–water partition coefficient (Wildman–Crippen LogP) is 4.88. The molecule has 2 N–H and O–H groups in total. The van der Waals surface area contributed by atoms with Gasteiger partial charge in [-0.2, -0.15) is 0 Å². The lowest BCUT2D eigenvalue weighted by molar-refractivity contribution is 0.412. The van der Waals surface area contributed by atoms with Gasteiger partial charge in [-0.25, -0.2) is 0 Å². The molecule has 3 heteroatoms. The van der Waals surface area contributed by atoms with E-state index >= 15 is 0 Å². The highest BCUT2D eigenvalue weighted by molar-refractivity contribution is 9.10. The van der Waals surface area contributed by atoms with Crippen LogP contribution in [-0.4, -0.2) is 5.11 Å². The Bertz CT molecular complexity index is 641. The van der Waals surface area contributed by atoms with E-state index in [2.05, 4.69) is 52.4 Å². The summed E-state index contributed by atoms with van der Waals surface area (Å²) < 4.78 is 1.15. The molecule has 0 radical (unpaired) electrons. The first kappa shape index (κ1) is 14.6. The number of benzene rings is 2. The number of phenolic OH excluding ortho intramolecular Hbond substituents is 1. The third-order valence-corrected chi connectivity index (χ3v) is 4.99. The maximum Gasteiger partial charge on any atom is 0.115 e. The molecule has 0 heterocycles. The largest absolute Gasteiger partial charge is 0.508 e. The molecule has 0 fully saturated rings. The fourth-order valence-corrected chi connectivity index (χ4v) is 3.82. The second kappa shape index (κ2) is 6.20. The van der Waals surface area contributed by atoms with Gasteiger partial charge in [-0.15, -0.1) is 0 Å². The van der Waals surface area contributed by atoms with Crippen molar-refractivity contribution in [1.29, 1.82) is 0 Å². The minimum absolute atomic E-state index is 0.283. The van der Waals surface area contributed by atoms with Crippen LogP contribution in [0.2, 0.25) is 0 Å². The maximum atomic E-state index is 9.64. The molecular formula is C18H20BrNO. The topological polar surface area (TPSA) is 32.3 Å². The average Bonchev–Trinajstić information content (AvgIpc) is 2.47. The van der Waals surface area contributed by atoms with E-state index in [4.69, 9.17) is 0 Å². The minimum atomic E-state index is 0.283. The molecule has 0 spiro atoms. The van der Waals surface area contributed by atoms with Crippen molar-refractivity contribution in [1.82, 2.24) is 5.32 Å². The fraction of sp³-hybridized carbons (Fsp3) is 0.333. The van der Waals surface area contributed by atoms with Crippen molar-refractivity contribution >= 4 is 15.9 Å². The lowest BCUT2D eigenvalue weighted by Gasteiger charge is -2.30. The smallest absolute Gasteiger partial charge is 0.115 e. The van der Waals surface area contributed by atoms with E-state index in [0.29, 0.717) is 11.8 Å². The normalized spacial score (nSPS) is 19.0. The summed E-state index contributed by atoms with van der Waals surface area (Å²) in [5, 5.41) is 13.4. The van der Waals surface area contributed by atoms with Crippen molar-refractivity contribution in [3.63, 3.8) is 0 Å². The molecule has 0 saturated carbocycles. The van der Waals surface area contributed by atoms with E-state index in [9.17, 15) is 5.11 Å². The first-order valence-corrected chi connectivity index (χ1v) is 8.26. The Morgan fingerprint density at radius 2 is 2.05 bits per heavy atom. The highest BCUT2D eigenvalue weighted by atomic mass is 79.9. The van der Waals surface area contributed by atoms with E-state index in [0.717, 1.165) is 23.7 Å². The van der Waals surface area contributed by atoms with Crippen LogP contribution in [-0.2, 0) is 6.42 Å². The summed E-state index contributed by atoms with van der Waals surface area (Å²) in [6.45, 7) is 2.20. The number of aromatic hydroxyl groups is 1. The van der Waals surface area contributed by atoms with E-state index < -0.39 is 0 Å². The average molecular weight is 346 g/mol. The Morgan fingerprint density at radius 1 is 1.24 bits per heavy atom. The molecule has 2 nitrogen and oxygen atoms in total. The molecule has 21 heavy (non-hydrogen) atoms. The van der Waals surface area contributed by atoms with Crippen LogP contribution < -0.4 is 5.32 Å². The van der Waals surface area contributed by atoms with Gasteiger partial charge in [-0.3, -0.25) is 0 Å². The SMILES string of the molecule is CC(NC1CCCc2cc(O)ccc21)c1ccccc1Br. The van der Waals surface area contributed by atoms with Crippen molar-refractivity contribution in [3.05, 3.63) is 63.6 Å². The van der Waals surface area contributed by atoms with Crippen molar-refractivity contribution in [2.45, 2.75) is 38.3 Å². The van der Waals surface area contributed by atoms with Gasteiger partial charge in [0.05, 0.1) is 0 Å². The Labute approximate surface area is 134 Å². The monoisotopic (exact) mass is 345 g/mol. The van der Waals surface area contributed by atoms with Crippen LogP contribution in [0.5, 0.6) is 5.75 Å². The van der Waals surface area contributed by atoms with Gasteiger partial charge < -0.3 is 10.4 Å². The first-order valence-electron chi connectivity index (χ1n) is 7.47. The highest BCUT2D eigenvalue weighted by Gasteiger charge is 2.22. The molecule has 3 rings (SSSR count). The maximum absolute atomic E-state index is 9.64. The molecule has 2 aromatic carbocycles. The third kappa shape index (κ3) is 3.14. The molecular weight excluding hydrogens is 326 g/mol. The number of aryl methyl sites for hydroxylation is 1. The summed E-state index contributed by atoms with van der Waals surface area (Å²) >= 11 is 3.63. The summed E-state index contributed by atoms with van der Waals surface area (Å²) in [7, 11) is 0. The number of hydrogen-bond donors (Lipinski definition) is 2. The van der Waals surface area contributed by atoms with Gasteiger partial charge in [0.15, 0.2) is 0 Å². The second-order valence-electron chi connectivity index (χ2n) is 5.74. The van der Waals surface area contributed by atoms with Crippen LogP contribution in [0.1, 0.15) is 48.5 Å². The van der Waals surface area contributed by atoms with Gasteiger partial charge >= 0.3 is 0 Å². The zero-order chi connectivity index (χ0) is 14.8. The molecule has 0 bridgehead atoms. The number of nitrogens with one attached hydrogen (secondary N) is 1. The van der Waals surface area contributed by atoms with Crippen molar-refractivity contribution < 1.29 is 5.11 Å².